The predicted molar refractivity (Wildman–Crippen MR) is 71.7 cm³/mol. The molecule has 0 atom stereocenters. The molecule has 0 fully saturated rings. The van der Waals surface area contributed by atoms with E-state index in [4.69, 9.17) is 0 Å². The summed E-state index contributed by atoms with van der Waals surface area (Å²) in [4.78, 5) is 8.92. The second kappa shape index (κ2) is 5.90. The van der Waals surface area contributed by atoms with Crippen LogP contribution >= 0.6 is 0 Å². The molecule has 0 bridgehead atoms. The fourth-order valence-corrected chi connectivity index (χ4v) is 2.13. The normalized spacial score (nSPS) is 11.8. The van der Waals surface area contributed by atoms with Crippen LogP contribution in [0.15, 0.2) is 12.5 Å². The van der Waals surface area contributed by atoms with Crippen molar-refractivity contribution >= 4 is 5.82 Å². The number of halogens is 4. The third kappa shape index (κ3) is 3.18. The highest BCUT2D eigenvalue weighted by Crippen LogP contribution is 2.31. The Hall–Kier alpha value is -2.19. The molecule has 0 aromatic carbocycles. The molecule has 0 unspecified atom stereocenters. The molecule has 0 aliphatic carbocycles. The maximum absolute atomic E-state index is 14.2. The van der Waals surface area contributed by atoms with Gasteiger partial charge in [-0.05, 0) is 6.42 Å². The largest absolute Gasteiger partial charge is 0.435 e. The van der Waals surface area contributed by atoms with Crippen LogP contribution in [0.25, 0.3) is 0 Å². The van der Waals surface area contributed by atoms with Crippen LogP contribution in [0.1, 0.15) is 23.9 Å². The van der Waals surface area contributed by atoms with Crippen molar-refractivity contribution in [2.45, 2.75) is 26.1 Å². The van der Waals surface area contributed by atoms with E-state index < -0.39 is 17.7 Å². The molecular formula is C13H15F4N5. The van der Waals surface area contributed by atoms with Gasteiger partial charge in [-0.1, -0.05) is 6.92 Å². The van der Waals surface area contributed by atoms with Crippen molar-refractivity contribution in [3.8, 4) is 0 Å². The maximum atomic E-state index is 14.2. The second-order valence-corrected chi connectivity index (χ2v) is 4.84. The van der Waals surface area contributed by atoms with E-state index in [0.29, 0.717) is 6.42 Å². The fraction of sp³-hybridized carbons (Fsp3) is 0.462. The summed E-state index contributed by atoms with van der Waals surface area (Å²) >= 11 is 0. The van der Waals surface area contributed by atoms with Crippen LogP contribution in [0.5, 0.6) is 0 Å². The van der Waals surface area contributed by atoms with Crippen molar-refractivity contribution < 1.29 is 17.6 Å². The molecule has 0 aliphatic heterocycles. The van der Waals surface area contributed by atoms with Crippen molar-refractivity contribution in [2.75, 3.05) is 11.9 Å². The van der Waals surface area contributed by atoms with Crippen LogP contribution in [0.3, 0.4) is 0 Å². The fourth-order valence-electron chi connectivity index (χ4n) is 2.13. The minimum atomic E-state index is -4.56. The van der Waals surface area contributed by atoms with E-state index in [1.165, 1.54) is 31.5 Å². The van der Waals surface area contributed by atoms with Gasteiger partial charge in [0, 0.05) is 32.4 Å². The number of aromatic nitrogens is 4. The highest BCUT2D eigenvalue weighted by molar-refractivity contribution is 5.41. The highest BCUT2D eigenvalue weighted by atomic mass is 19.4. The Kier molecular flexibility index (Phi) is 4.34. The van der Waals surface area contributed by atoms with Crippen molar-refractivity contribution in [3.05, 3.63) is 35.3 Å². The third-order valence-corrected chi connectivity index (χ3v) is 3.12. The summed E-state index contributed by atoms with van der Waals surface area (Å²) in [6, 6.07) is 0. The van der Waals surface area contributed by atoms with Crippen LogP contribution < -0.4 is 4.90 Å². The third-order valence-electron chi connectivity index (χ3n) is 3.12. The van der Waals surface area contributed by atoms with Gasteiger partial charge in [0.05, 0.1) is 5.69 Å². The van der Waals surface area contributed by atoms with Crippen LogP contribution in [0.4, 0.5) is 23.4 Å². The first-order chi connectivity index (χ1) is 10.2. The lowest BCUT2D eigenvalue weighted by Crippen LogP contribution is -2.22. The average Bonchev–Trinajstić information content (AvgIpc) is 2.79. The summed E-state index contributed by atoms with van der Waals surface area (Å²) in [6.07, 6.45) is -1.73. The van der Waals surface area contributed by atoms with Crippen molar-refractivity contribution in [1.82, 2.24) is 19.7 Å². The number of anilines is 1. The lowest BCUT2D eigenvalue weighted by atomic mass is 10.2. The lowest BCUT2D eigenvalue weighted by molar-refractivity contribution is -0.142. The zero-order valence-corrected chi connectivity index (χ0v) is 12.3. The zero-order chi connectivity index (χ0) is 16.5. The minimum Gasteiger partial charge on any atom is -0.353 e. The van der Waals surface area contributed by atoms with Gasteiger partial charge in [-0.15, -0.1) is 0 Å². The SMILES string of the molecule is CCc1ncnc(N(C)Cc2cn(C)nc2C(F)(F)F)c1F. The van der Waals surface area contributed by atoms with E-state index in [0.717, 1.165) is 4.68 Å². The molecule has 2 aromatic heterocycles. The lowest BCUT2D eigenvalue weighted by Gasteiger charge is -2.19. The maximum Gasteiger partial charge on any atom is 0.435 e. The smallest absolute Gasteiger partial charge is 0.353 e. The number of alkyl halides is 3. The van der Waals surface area contributed by atoms with Gasteiger partial charge in [-0.3, -0.25) is 4.68 Å². The first-order valence-corrected chi connectivity index (χ1v) is 6.54. The highest BCUT2D eigenvalue weighted by Gasteiger charge is 2.37. The van der Waals surface area contributed by atoms with Gasteiger partial charge in [0.2, 0.25) is 0 Å². The Morgan fingerprint density at radius 1 is 1.27 bits per heavy atom. The van der Waals surface area contributed by atoms with Crippen LogP contribution in [0, 0.1) is 5.82 Å². The van der Waals surface area contributed by atoms with Crippen LogP contribution in [-0.4, -0.2) is 26.8 Å². The summed E-state index contributed by atoms with van der Waals surface area (Å²) in [6.45, 7) is 1.57. The Labute approximate surface area is 124 Å². The molecule has 0 N–H and O–H groups in total. The summed E-state index contributed by atoms with van der Waals surface area (Å²) in [5, 5.41) is 3.42. The van der Waals surface area contributed by atoms with Gasteiger partial charge in [0.25, 0.3) is 0 Å². The number of aryl methyl sites for hydroxylation is 2. The monoisotopic (exact) mass is 317 g/mol. The molecule has 2 aromatic rings. The summed E-state index contributed by atoms with van der Waals surface area (Å²) < 4.78 is 54.0. The van der Waals surface area contributed by atoms with E-state index in [1.807, 2.05) is 0 Å². The number of rotatable bonds is 4. The van der Waals surface area contributed by atoms with Gasteiger partial charge in [0.1, 0.15) is 6.33 Å². The average molecular weight is 317 g/mol. The van der Waals surface area contributed by atoms with E-state index in [-0.39, 0.29) is 23.6 Å². The molecule has 0 aliphatic rings. The Balaban J connectivity index is 2.32. The van der Waals surface area contributed by atoms with E-state index in [2.05, 4.69) is 15.1 Å². The standard InChI is InChI=1S/C13H15F4N5/c1-4-9-10(14)12(19-7-18-9)21(2)5-8-6-22(3)20-11(8)13(15,16)17/h6-7H,4-5H2,1-3H3. The van der Waals surface area contributed by atoms with Gasteiger partial charge < -0.3 is 4.90 Å². The molecule has 0 amide bonds. The van der Waals surface area contributed by atoms with E-state index in [9.17, 15) is 17.6 Å². The van der Waals surface area contributed by atoms with Crippen molar-refractivity contribution in [3.63, 3.8) is 0 Å². The second-order valence-electron chi connectivity index (χ2n) is 4.84. The van der Waals surface area contributed by atoms with Gasteiger partial charge in [0.15, 0.2) is 17.3 Å². The molecule has 5 nitrogen and oxygen atoms in total. The molecule has 0 spiro atoms. The summed E-state index contributed by atoms with van der Waals surface area (Å²) in [5.41, 5.74) is -0.806. The van der Waals surface area contributed by atoms with Gasteiger partial charge in [-0.25, -0.2) is 14.4 Å². The van der Waals surface area contributed by atoms with Gasteiger partial charge >= 0.3 is 6.18 Å². The molecule has 22 heavy (non-hydrogen) atoms. The molecule has 2 heterocycles. The van der Waals surface area contributed by atoms with E-state index >= 15 is 0 Å². The first kappa shape index (κ1) is 16.2. The number of nitrogens with zero attached hydrogens (tertiary/aromatic N) is 5. The molecule has 9 heteroatoms. The number of hydrogen-bond acceptors (Lipinski definition) is 4. The summed E-state index contributed by atoms with van der Waals surface area (Å²) in [5.74, 6) is -0.659. The Bertz CT molecular complexity index is 665. The molecule has 0 saturated heterocycles. The molecule has 0 radical (unpaired) electrons. The Morgan fingerprint density at radius 3 is 2.55 bits per heavy atom. The van der Waals surface area contributed by atoms with Gasteiger partial charge in [-0.2, -0.15) is 18.3 Å². The number of hydrogen-bond donors (Lipinski definition) is 0. The Morgan fingerprint density at radius 2 is 1.95 bits per heavy atom. The minimum absolute atomic E-state index is 0.0381. The molecule has 120 valence electrons. The predicted octanol–water partition coefficient (Wildman–Crippen LogP) is 2.57. The van der Waals surface area contributed by atoms with Crippen molar-refractivity contribution in [1.29, 1.82) is 0 Å². The van der Waals surface area contributed by atoms with E-state index in [1.54, 1.807) is 6.92 Å². The molecule has 2 rings (SSSR count). The van der Waals surface area contributed by atoms with Crippen LogP contribution in [-0.2, 0) is 26.2 Å². The topological polar surface area (TPSA) is 46.8 Å². The summed E-state index contributed by atoms with van der Waals surface area (Å²) in [7, 11) is 2.87. The molecular weight excluding hydrogens is 302 g/mol. The first-order valence-electron chi connectivity index (χ1n) is 6.54. The quantitative estimate of drug-likeness (QED) is 0.813. The molecule has 0 saturated carbocycles. The van der Waals surface area contributed by atoms with Crippen LogP contribution in [0.2, 0.25) is 0 Å². The zero-order valence-electron chi connectivity index (χ0n) is 12.3. The van der Waals surface area contributed by atoms with Crippen molar-refractivity contribution in [2.24, 2.45) is 7.05 Å².